The van der Waals surface area contributed by atoms with Crippen LogP contribution < -0.4 is 9.47 Å². The van der Waals surface area contributed by atoms with Gasteiger partial charge in [0.05, 0.1) is 31.0 Å². The number of allylic oxidation sites excluding steroid dienone is 1. The van der Waals surface area contributed by atoms with Gasteiger partial charge >= 0.3 is 5.97 Å². The standard InChI is InChI=1S/C28H27N3O5/c1-16(27-31-30-17(2)36-27)35-28(32)25-20-9-5-6-11-22(20)29-26-19(8-7-10-21(25)26)14-18-12-13-23(33-3)24(15-18)34-4/h5-6,9,11-16H,7-8,10H2,1-4H3/b19-14+. The zero-order valence-electron chi connectivity index (χ0n) is 20.7. The molecule has 0 amide bonds. The molecule has 1 atom stereocenters. The van der Waals surface area contributed by atoms with Crippen LogP contribution in [0.25, 0.3) is 22.6 Å². The number of pyridine rings is 1. The van der Waals surface area contributed by atoms with Crippen molar-refractivity contribution in [1.29, 1.82) is 0 Å². The molecule has 0 saturated carbocycles. The van der Waals surface area contributed by atoms with Gasteiger partial charge in [-0.2, -0.15) is 0 Å². The minimum absolute atomic E-state index is 0.266. The summed E-state index contributed by atoms with van der Waals surface area (Å²) in [5.74, 6) is 1.58. The van der Waals surface area contributed by atoms with Crippen LogP contribution in [0.1, 0.15) is 64.8 Å². The summed E-state index contributed by atoms with van der Waals surface area (Å²) in [6, 6.07) is 13.4. The molecule has 0 fully saturated rings. The number of hydrogen-bond acceptors (Lipinski definition) is 8. The summed E-state index contributed by atoms with van der Waals surface area (Å²) in [5, 5.41) is 8.60. The summed E-state index contributed by atoms with van der Waals surface area (Å²) in [4.78, 5) is 18.5. The van der Waals surface area contributed by atoms with E-state index in [0.29, 0.717) is 23.0 Å². The van der Waals surface area contributed by atoms with Gasteiger partial charge in [-0.3, -0.25) is 0 Å². The molecule has 0 radical (unpaired) electrons. The number of rotatable bonds is 6. The van der Waals surface area contributed by atoms with E-state index in [2.05, 4.69) is 16.3 Å². The fourth-order valence-electron chi connectivity index (χ4n) is 4.60. The number of nitrogens with zero attached hydrogens (tertiary/aromatic N) is 3. The van der Waals surface area contributed by atoms with Crippen LogP contribution in [0.5, 0.6) is 11.5 Å². The lowest BCUT2D eigenvalue weighted by Gasteiger charge is -2.23. The average molecular weight is 486 g/mol. The molecule has 0 N–H and O–H groups in total. The molecule has 0 saturated heterocycles. The number of ether oxygens (including phenoxy) is 3. The normalized spacial score (nSPS) is 14.9. The van der Waals surface area contributed by atoms with Crippen LogP contribution in [0.4, 0.5) is 0 Å². The second kappa shape index (κ2) is 9.81. The molecule has 1 aliphatic carbocycles. The van der Waals surface area contributed by atoms with Crippen molar-refractivity contribution in [1.82, 2.24) is 15.2 Å². The Morgan fingerprint density at radius 1 is 1.06 bits per heavy atom. The maximum Gasteiger partial charge on any atom is 0.339 e. The number of aryl methyl sites for hydroxylation is 1. The highest BCUT2D eigenvalue weighted by atomic mass is 16.6. The van der Waals surface area contributed by atoms with Gasteiger partial charge in [-0.1, -0.05) is 24.3 Å². The van der Waals surface area contributed by atoms with Gasteiger partial charge in [0.15, 0.2) is 17.6 Å². The Morgan fingerprint density at radius 3 is 2.61 bits per heavy atom. The summed E-state index contributed by atoms with van der Waals surface area (Å²) < 4.78 is 22.1. The number of carbonyl (C=O) groups is 1. The molecule has 36 heavy (non-hydrogen) atoms. The van der Waals surface area contributed by atoms with Gasteiger partial charge in [0, 0.05) is 12.3 Å². The molecule has 0 aliphatic heterocycles. The van der Waals surface area contributed by atoms with Gasteiger partial charge in [-0.15, -0.1) is 10.2 Å². The van der Waals surface area contributed by atoms with Gasteiger partial charge in [-0.25, -0.2) is 9.78 Å². The van der Waals surface area contributed by atoms with E-state index in [1.807, 2.05) is 42.5 Å². The molecule has 0 spiro atoms. The van der Waals surface area contributed by atoms with Crippen LogP contribution in [0, 0.1) is 6.92 Å². The average Bonchev–Trinajstić information content (AvgIpc) is 3.33. The van der Waals surface area contributed by atoms with Crippen molar-refractivity contribution in [2.75, 3.05) is 14.2 Å². The molecule has 0 bridgehead atoms. The highest BCUT2D eigenvalue weighted by molar-refractivity contribution is 6.06. The van der Waals surface area contributed by atoms with Gasteiger partial charge in [0.1, 0.15) is 0 Å². The lowest BCUT2D eigenvalue weighted by atomic mass is 9.86. The largest absolute Gasteiger partial charge is 0.493 e. The Kier molecular flexibility index (Phi) is 6.41. The third kappa shape index (κ3) is 4.42. The number of aromatic nitrogens is 3. The van der Waals surface area contributed by atoms with Crippen molar-refractivity contribution < 1.29 is 23.4 Å². The zero-order chi connectivity index (χ0) is 25.2. The molecule has 5 rings (SSSR count). The van der Waals surface area contributed by atoms with Crippen LogP contribution in [0.2, 0.25) is 0 Å². The lowest BCUT2D eigenvalue weighted by molar-refractivity contribution is 0.0277. The molecule has 2 aromatic carbocycles. The third-order valence-corrected chi connectivity index (χ3v) is 6.30. The van der Waals surface area contributed by atoms with Crippen molar-refractivity contribution in [3.8, 4) is 11.5 Å². The first-order valence-electron chi connectivity index (χ1n) is 11.8. The van der Waals surface area contributed by atoms with E-state index in [1.54, 1.807) is 28.1 Å². The quantitative estimate of drug-likeness (QED) is 0.319. The molecular formula is C28H27N3O5. The predicted molar refractivity (Wildman–Crippen MR) is 135 cm³/mol. The second-order valence-corrected chi connectivity index (χ2v) is 8.68. The summed E-state index contributed by atoms with van der Waals surface area (Å²) in [6.45, 7) is 3.42. The van der Waals surface area contributed by atoms with Crippen LogP contribution in [0.15, 0.2) is 46.9 Å². The fraction of sp³-hybridized carbons (Fsp3) is 0.286. The maximum absolute atomic E-state index is 13.6. The van der Waals surface area contributed by atoms with Crippen LogP contribution in [-0.2, 0) is 11.2 Å². The number of esters is 1. The third-order valence-electron chi connectivity index (χ3n) is 6.30. The Morgan fingerprint density at radius 2 is 1.86 bits per heavy atom. The van der Waals surface area contributed by atoms with E-state index >= 15 is 0 Å². The Bertz CT molecular complexity index is 1470. The van der Waals surface area contributed by atoms with E-state index in [4.69, 9.17) is 23.6 Å². The van der Waals surface area contributed by atoms with E-state index in [9.17, 15) is 4.79 Å². The summed E-state index contributed by atoms with van der Waals surface area (Å²) >= 11 is 0. The molecular weight excluding hydrogens is 458 g/mol. The SMILES string of the molecule is COc1ccc(/C=C2\CCCc3c2nc2ccccc2c3C(=O)OC(C)c2nnc(C)o2)cc1OC. The molecule has 4 aromatic rings. The van der Waals surface area contributed by atoms with Crippen LogP contribution >= 0.6 is 0 Å². The monoisotopic (exact) mass is 485 g/mol. The lowest BCUT2D eigenvalue weighted by Crippen LogP contribution is -2.17. The number of fused-ring (bicyclic) bond motifs is 2. The Hall–Kier alpha value is -4.20. The van der Waals surface area contributed by atoms with Crippen molar-refractivity contribution in [2.24, 2.45) is 0 Å². The number of para-hydroxylation sites is 1. The Labute approximate surface area is 208 Å². The van der Waals surface area contributed by atoms with Gasteiger partial charge in [0.2, 0.25) is 5.89 Å². The zero-order valence-corrected chi connectivity index (χ0v) is 20.7. The second-order valence-electron chi connectivity index (χ2n) is 8.68. The topological polar surface area (TPSA) is 96.6 Å². The van der Waals surface area contributed by atoms with Crippen LogP contribution in [-0.4, -0.2) is 35.4 Å². The number of carbonyl (C=O) groups excluding carboxylic acids is 1. The fourth-order valence-corrected chi connectivity index (χ4v) is 4.60. The molecule has 8 heteroatoms. The number of methoxy groups -OCH3 is 2. The first kappa shape index (κ1) is 23.5. The highest BCUT2D eigenvalue weighted by Crippen LogP contribution is 2.38. The van der Waals surface area contributed by atoms with Crippen LogP contribution in [0.3, 0.4) is 0 Å². The van der Waals surface area contributed by atoms with Crippen molar-refractivity contribution in [2.45, 2.75) is 39.2 Å². The summed E-state index contributed by atoms with van der Waals surface area (Å²) in [6.07, 6.45) is 3.89. The molecule has 1 unspecified atom stereocenters. The van der Waals surface area contributed by atoms with Crippen molar-refractivity contribution >= 4 is 28.5 Å². The first-order valence-corrected chi connectivity index (χ1v) is 11.8. The Balaban J connectivity index is 1.59. The number of benzene rings is 2. The number of hydrogen-bond donors (Lipinski definition) is 0. The van der Waals surface area contributed by atoms with Gasteiger partial charge < -0.3 is 18.6 Å². The first-order chi connectivity index (χ1) is 17.5. The van der Waals surface area contributed by atoms with E-state index in [-0.39, 0.29) is 5.89 Å². The summed E-state index contributed by atoms with van der Waals surface area (Å²) in [7, 11) is 3.23. The highest BCUT2D eigenvalue weighted by Gasteiger charge is 2.28. The van der Waals surface area contributed by atoms with E-state index in [1.165, 1.54) is 0 Å². The predicted octanol–water partition coefficient (Wildman–Crippen LogP) is 5.74. The molecule has 184 valence electrons. The summed E-state index contributed by atoms with van der Waals surface area (Å²) in [5.41, 5.74) is 5.02. The maximum atomic E-state index is 13.6. The van der Waals surface area contributed by atoms with Crippen molar-refractivity contribution in [3.63, 3.8) is 0 Å². The molecule has 8 nitrogen and oxygen atoms in total. The minimum Gasteiger partial charge on any atom is -0.493 e. The molecule has 2 aromatic heterocycles. The van der Waals surface area contributed by atoms with E-state index in [0.717, 1.165) is 52.6 Å². The van der Waals surface area contributed by atoms with Crippen molar-refractivity contribution in [3.05, 3.63) is 76.6 Å². The van der Waals surface area contributed by atoms with Gasteiger partial charge in [-0.05, 0) is 67.2 Å². The van der Waals surface area contributed by atoms with Gasteiger partial charge in [0.25, 0.3) is 5.89 Å². The minimum atomic E-state index is -0.674. The smallest absolute Gasteiger partial charge is 0.339 e. The molecule has 1 aliphatic rings. The van der Waals surface area contributed by atoms with E-state index < -0.39 is 12.1 Å². The molecule has 2 heterocycles.